The summed E-state index contributed by atoms with van der Waals surface area (Å²) in [7, 11) is 0. The average Bonchev–Trinajstić information content (AvgIpc) is 2.61. The van der Waals surface area contributed by atoms with E-state index >= 15 is 0 Å². The molecule has 0 unspecified atom stereocenters. The summed E-state index contributed by atoms with van der Waals surface area (Å²) >= 11 is 5.07. The maximum absolute atomic E-state index is 4.35. The Hall–Kier alpha value is -1.20. The van der Waals surface area contributed by atoms with Gasteiger partial charge in [0.25, 0.3) is 0 Å². The number of aryl methyl sites for hydroxylation is 2. The molecule has 1 aromatic heterocycles. The van der Waals surface area contributed by atoms with E-state index in [-0.39, 0.29) is 0 Å². The Labute approximate surface area is 113 Å². The zero-order chi connectivity index (χ0) is 12.3. The molecule has 0 atom stereocenters. The zero-order valence-electron chi connectivity index (χ0n) is 9.57. The van der Waals surface area contributed by atoms with Crippen LogP contribution in [0.3, 0.4) is 0 Å². The van der Waals surface area contributed by atoms with E-state index in [1.54, 1.807) is 17.6 Å². The Bertz CT molecular complexity index is 529. The summed E-state index contributed by atoms with van der Waals surface area (Å²) in [5.74, 6) is 0. The highest BCUT2D eigenvalue weighted by atomic mass is 79.9. The van der Waals surface area contributed by atoms with E-state index in [4.69, 9.17) is 0 Å². The molecule has 0 bridgehead atoms. The second kappa shape index (κ2) is 5.42. The minimum absolute atomic E-state index is 0.823. The summed E-state index contributed by atoms with van der Waals surface area (Å²) in [6, 6.07) is 7.93. The monoisotopic (exact) mass is 309 g/mol. The molecule has 1 N–H and O–H groups in total. The number of rotatable bonds is 3. The molecule has 0 aliphatic heterocycles. The van der Waals surface area contributed by atoms with Gasteiger partial charge in [-0.25, -0.2) is 4.98 Å². The summed E-state index contributed by atoms with van der Waals surface area (Å²) in [5.41, 5.74) is 5.02. The summed E-state index contributed by atoms with van der Waals surface area (Å²) in [6.45, 7) is 4.05. The zero-order valence-corrected chi connectivity index (χ0v) is 12.0. The predicted octanol–water partition coefficient (Wildman–Crippen LogP) is 3.97. The summed E-state index contributed by atoms with van der Waals surface area (Å²) in [5, 5.41) is 4.99. The number of hydrogen-bond donors (Lipinski definition) is 1. The molecule has 17 heavy (non-hydrogen) atoms. The van der Waals surface area contributed by atoms with Crippen LogP contribution in [0.4, 0.5) is 5.13 Å². The van der Waals surface area contributed by atoms with Crippen LogP contribution in [0.2, 0.25) is 0 Å². The maximum atomic E-state index is 4.35. The Balaban J connectivity index is 2.05. The fourth-order valence-corrected chi connectivity index (χ4v) is 2.41. The van der Waals surface area contributed by atoms with Crippen molar-refractivity contribution in [1.29, 1.82) is 0 Å². The van der Waals surface area contributed by atoms with Crippen molar-refractivity contribution >= 4 is 38.6 Å². The Morgan fingerprint density at radius 2 is 2.12 bits per heavy atom. The summed E-state index contributed by atoms with van der Waals surface area (Å²) in [4.78, 5) is 5.56. The average molecular weight is 310 g/mol. The molecule has 88 valence electrons. The van der Waals surface area contributed by atoms with Crippen molar-refractivity contribution in [2.24, 2.45) is 5.10 Å². The largest absolute Gasteiger partial charge is 0.253 e. The molecular formula is C12H12BrN3S. The van der Waals surface area contributed by atoms with Crippen molar-refractivity contribution in [1.82, 2.24) is 4.98 Å². The number of benzene rings is 1. The molecule has 0 amide bonds. The van der Waals surface area contributed by atoms with Gasteiger partial charge in [0, 0.05) is 14.9 Å². The van der Waals surface area contributed by atoms with Crippen molar-refractivity contribution in [3.8, 4) is 0 Å². The lowest BCUT2D eigenvalue weighted by atomic mass is 10.2. The van der Waals surface area contributed by atoms with Gasteiger partial charge in [0.2, 0.25) is 5.13 Å². The second-order valence-corrected chi connectivity index (χ2v) is 5.61. The third-order valence-corrected chi connectivity index (χ3v) is 4.00. The van der Waals surface area contributed by atoms with Gasteiger partial charge in [-0.3, -0.25) is 5.43 Å². The van der Waals surface area contributed by atoms with Crippen molar-refractivity contribution in [2.75, 3.05) is 5.43 Å². The quantitative estimate of drug-likeness (QED) is 0.688. The number of halogens is 1. The van der Waals surface area contributed by atoms with Gasteiger partial charge in [-0.05, 0) is 19.9 Å². The molecular weight excluding hydrogens is 298 g/mol. The van der Waals surface area contributed by atoms with Gasteiger partial charge in [0.1, 0.15) is 0 Å². The lowest BCUT2D eigenvalue weighted by Crippen LogP contribution is -1.90. The molecule has 0 fully saturated rings. The van der Waals surface area contributed by atoms with Gasteiger partial charge in [-0.15, -0.1) is 11.3 Å². The van der Waals surface area contributed by atoms with Gasteiger partial charge >= 0.3 is 0 Å². The number of anilines is 1. The number of nitrogens with one attached hydrogen (secondary N) is 1. The molecule has 0 spiro atoms. The molecule has 0 saturated heterocycles. The molecule has 1 aromatic carbocycles. The van der Waals surface area contributed by atoms with Crippen molar-refractivity contribution in [3.05, 3.63) is 44.9 Å². The number of aromatic nitrogens is 1. The third-order valence-electron chi connectivity index (χ3n) is 2.30. The fourth-order valence-electron chi connectivity index (χ4n) is 1.26. The van der Waals surface area contributed by atoms with Crippen LogP contribution in [-0.4, -0.2) is 11.2 Å². The van der Waals surface area contributed by atoms with Crippen LogP contribution in [0.1, 0.15) is 16.1 Å². The van der Waals surface area contributed by atoms with E-state index in [0.717, 1.165) is 20.9 Å². The van der Waals surface area contributed by atoms with Crippen LogP contribution in [0.25, 0.3) is 0 Å². The lowest BCUT2D eigenvalue weighted by molar-refractivity contribution is 1.20. The molecule has 0 aliphatic rings. The number of nitrogens with zero attached hydrogens (tertiary/aromatic N) is 2. The molecule has 0 aliphatic carbocycles. The van der Waals surface area contributed by atoms with Gasteiger partial charge in [0.15, 0.2) is 0 Å². The first kappa shape index (κ1) is 12.3. The van der Waals surface area contributed by atoms with E-state index in [1.165, 1.54) is 4.88 Å². The highest BCUT2D eigenvalue weighted by Crippen LogP contribution is 2.21. The van der Waals surface area contributed by atoms with E-state index in [9.17, 15) is 0 Å². The highest BCUT2D eigenvalue weighted by Gasteiger charge is 2.01. The van der Waals surface area contributed by atoms with E-state index in [1.807, 2.05) is 31.2 Å². The van der Waals surface area contributed by atoms with Gasteiger partial charge < -0.3 is 0 Å². The predicted molar refractivity (Wildman–Crippen MR) is 76.9 cm³/mol. The maximum Gasteiger partial charge on any atom is 0.203 e. The molecule has 0 radical (unpaired) electrons. The standard InChI is InChI=1S/C12H12BrN3S/c1-8-9(2)17-12(15-8)16-14-7-10-5-3-4-6-11(10)13/h3-7H,1-2H3,(H,15,16)/b14-7+. The number of hydrogen-bond acceptors (Lipinski definition) is 4. The lowest BCUT2D eigenvalue weighted by Gasteiger charge is -1.96. The smallest absolute Gasteiger partial charge is 0.203 e. The molecule has 2 rings (SSSR count). The van der Waals surface area contributed by atoms with Crippen molar-refractivity contribution < 1.29 is 0 Å². The first-order valence-electron chi connectivity index (χ1n) is 5.14. The normalized spacial score (nSPS) is 11.0. The molecule has 3 nitrogen and oxygen atoms in total. The van der Waals surface area contributed by atoms with Crippen LogP contribution in [0, 0.1) is 13.8 Å². The van der Waals surface area contributed by atoms with Crippen LogP contribution in [0.5, 0.6) is 0 Å². The van der Waals surface area contributed by atoms with Crippen LogP contribution >= 0.6 is 27.3 Å². The van der Waals surface area contributed by atoms with Crippen LogP contribution in [0.15, 0.2) is 33.8 Å². The van der Waals surface area contributed by atoms with Crippen LogP contribution < -0.4 is 5.43 Å². The van der Waals surface area contributed by atoms with E-state index in [0.29, 0.717) is 0 Å². The van der Waals surface area contributed by atoms with Crippen LogP contribution in [-0.2, 0) is 0 Å². The Morgan fingerprint density at radius 3 is 2.76 bits per heavy atom. The Kier molecular flexibility index (Phi) is 3.91. The first-order chi connectivity index (χ1) is 8.16. The molecule has 2 aromatic rings. The first-order valence-corrected chi connectivity index (χ1v) is 6.75. The fraction of sp³-hybridized carbons (Fsp3) is 0.167. The topological polar surface area (TPSA) is 37.3 Å². The summed E-state index contributed by atoms with van der Waals surface area (Å²) in [6.07, 6.45) is 1.77. The highest BCUT2D eigenvalue weighted by molar-refractivity contribution is 9.10. The number of thiazole rings is 1. The van der Waals surface area contributed by atoms with E-state index in [2.05, 4.69) is 38.4 Å². The Morgan fingerprint density at radius 1 is 1.35 bits per heavy atom. The minimum Gasteiger partial charge on any atom is -0.253 e. The van der Waals surface area contributed by atoms with Crippen molar-refractivity contribution in [3.63, 3.8) is 0 Å². The van der Waals surface area contributed by atoms with Gasteiger partial charge in [-0.1, -0.05) is 34.1 Å². The van der Waals surface area contributed by atoms with Crippen molar-refractivity contribution in [2.45, 2.75) is 13.8 Å². The summed E-state index contributed by atoms with van der Waals surface area (Å²) < 4.78 is 1.03. The SMILES string of the molecule is Cc1nc(N/N=C/c2ccccc2Br)sc1C. The van der Waals surface area contributed by atoms with Gasteiger partial charge in [0.05, 0.1) is 11.9 Å². The molecule has 5 heteroatoms. The molecule has 0 saturated carbocycles. The van der Waals surface area contributed by atoms with Gasteiger partial charge in [-0.2, -0.15) is 5.10 Å². The minimum atomic E-state index is 0.823. The third kappa shape index (κ3) is 3.14. The molecule has 1 heterocycles. The second-order valence-electron chi connectivity index (χ2n) is 3.55. The number of hydrazone groups is 1. The van der Waals surface area contributed by atoms with E-state index < -0.39 is 0 Å².